The summed E-state index contributed by atoms with van der Waals surface area (Å²) in [6.45, 7) is 0.252. The summed E-state index contributed by atoms with van der Waals surface area (Å²) in [6, 6.07) is 0. The van der Waals surface area contributed by atoms with Crippen LogP contribution in [0.25, 0.3) is 0 Å². The van der Waals surface area contributed by atoms with Gasteiger partial charge in [-0.3, -0.25) is 4.79 Å². The minimum absolute atomic E-state index is 0.0282. The maximum absolute atomic E-state index is 12.9. The Morgan fingerprint density at radius 1 is 1.47 bits per heavy atom. The molecule has 0 atom stereocenters. The Balaban J connectivity index is 2.25. The van der Waals surface area contributed by atoms with E-state index in [0.29, 0.717) is 0 Å². The maximum Gasteiger partial charge on any atom is 0.248 e. The van der Waals surface area contributed by atoms with Crippen molar-refractivity contribution in [2.24, 2.45) is 16.8 Å². The largest absolute Gasteiger partial charge is 0.409 e. The molecule has 1 aliphatic rings. The molecule has 4 N–H and O–H groups in total. The molecule has 1 aliphatic carbocycles. The van der Waals surface area contributed by atoms with Crippen LogP contribution in [0.1, 0.15) is 32.1 Å². The Labute approximate surface area is 98.0 Å². The zero-order chi connectivity index (χ0) is 12.9. The summed E-state index contributed by atoms with van der Waals surface area (Å²) >= 11 is 0. The van der Waals surface area contributed by atoms with E-state index in [9.17, 15) is 13.6 Å². The van der Waals surface area contributed by atoms with Crippen LogP contribution in [0, 0.1) is 5.92 Å². The van der Waals surface area contributed by atoms with Gasteiger partial charge in [0, 0.05) is 31.7 Å². The number of nitrogens with one attached hydrogen (secondary N) is 1. The molecule has 0 saturated heterocycles. The monoisotopic (exact) mass is 249 g/mol. The highest BCUT2D eigenvalue weighted by atomic mass is 19.3. The van der Waals surface area contributed by atoms with Crippen molar-refractivity contribution in [1.82, 2.24) is 5.32 Å². The predicted molar refractivity (Wildman–Crippen MR) is 57.9 cm³/mol. The molecular formula is C10H17F2N3O2. The van der Waals surface area contributed by atoms with Gasteiger partial charge in [0.1, 0.15) is 5.84 Å². The molecule has 0 unspecified atom stereocenters. The minimum Gasteiger partial charge on any atom is -0.409 e. The third-order valence-electron chi connectivity index (χ3n) is 2.90. The number of carbonyl (C=O) groups excluding carboxylic acids is 1. The van der Waals surface area contributed by atoms with Crippen molar-refractivity contribution < 1.29 is 18.8 Å². The molecule has 0 spiro atoms. The van der Waals surface area contributed by atoms with Crippen LogP contribution in [-0.2, 0) is 4.79 Å². The third kappa shape index (κ3) is 4.54. The fourth-order valence-electron chi connectivity index (χ4n) is 1.81. The van der Waals surface area contributed by atoms with Crippen molar-refractivity contribution in [3.05, 3.63) is 0 Å². The van der Waals surface area contributed by atoms with Gasteiger partial charge >= 0.3 is 0 Å². The van der Waals surface area contributed by atoms with Crippen molar-refractivity contribution in [3.8, 4) is 0 Å². The van der Waals surface area contributed by atoms with E-state index in [1.165, 1.54) is 0 Å². The Hall–Kier alpha value is -1.40. The molecule has 0 aromatic carbocycles. The number of rotatable bonds is 4. The molecule has 0 bridgehead atoms. The quantitative estimate of drug-likeness (QED) is 0.301. The summed E-state index contributed by atoms with van der Waals surface area (Å²) in [5.41, 5.74) is 5.22. The number of carbonyl (C=O) groups is 1. The van der Waals surface area contributed by atoms with Gasteiger partial charge in [-0.25, -0.2) is 8.78 Å². The van der Waals surface area contributed by atoms with Gasteiger partial charge in [-0.2, -0.15) is 0 Å². The molecule has 17 heavy (non-hydrogen) atoms. The average Bonchev–Trinajstić information content (AvgIpc) is 2.28. The van der Waals surface area contributed by atoms with E-state index in [1.54, 1.807) is 0 Å². The average molecular weight is 249 g/mol. The molecule has 1 rings (SSSR count). The standard InChI is InChI=1S/C10H17F2N3O2/c11-10(12)4-1-7(2-5-10)9(16)14-6-3-8(13)15-17/h7,17H,1-6H2,(H2,13,15)(H,14,16). The van der Waals surface area contributed by atoms with E-state index in [1.807, 2.05) is 0 Å². The fourth-order valence-corrected chi connectivity index (χ4v) is 1.81. The highest BCUT2D eigenvalue weighted by Gasteiger charge is 2.37. The van der Waals surface area contributed by atoms with Gasteiger partial charge in [0.25, 0.3) is 0 Å². The van der Waals surface area contributed by atoms with Gasteiger partial charge in [-0.05, 0) is 12.8 Å². The second-order valence-electron chi connectivity index (χ2n) is 4.26. The van der Waals surface area contributed by atoms with Gasteiger partial charge in [0.15, 0.2) is 0 Å². The van der Waals surface area contributed by atoms with Gasteiger partial charge in [-0.15, -0.1) is 0 Å². The number of halogens is 2. The number of amides is 1. The van der Waals surface area contributed by atoms with E-state index >= 15 is 0 Å². The first-order valence-electron chi connectivity index (χ1n) is 5.56. The molecule has 0 aromatic rings. The van der Waals surface area contributed by atoms with E-state index in [0.717, 1.165) is 0 Å². The summed E-state index contributed by atoms with van der Waals surface area (Å²) in [5, 5.41) is 13.6. The number of hydrogen-bond donors (Lipinski definition) is 3. The Morgan fingerprint density at radius 3 is 2.59 bits per heavy atom. The molecule has 5 nitrogen and oxygen atoms in total. The topological polar surface area (TPSA) is 87.7 Å². The van der Waals surface area contributed by atoms with Gasteiger partial charge in [0.2, 0.25) is 11.8 Å². The highest BCUT2D eigenvalue weighted by molar-refractivity contribution is 5.82. The summed E-state index contributed by atoms with van der Waals surface area (Å²) in [6.07, 6.45) is 0.201. The predicted octanol–water partition coefficient (Wildman–Crippen LogP) is 1.06. The number of amidine groups is 1. The molecule has 0 aromatic heterocycles. The SMILES string of the molecule is NC(CCNC(=O)C1CCC(F)(F)CC1)=NO. The lowest BCUT2D eigenvalue weighted by atomic mass is 9.86. The molecule has 98 valence electrons. The third-order valence-corrected chi connectivity index (χ3v) is 2.90. The van der Waals surface area contributed by atoms with Crippen LogP contribution in [0.5, 0.6) is 0 Å². The van der Waals surface area contributed by atoms with E-state index in [2.05, 4.69) is 10.5 Å². The van der Waals surface area contributed by atoms with Gasteiger partial charge in [0.05, 0.1) is 0 Å². The highest BCUT2D eigenvalue weighted by Crippen LogP contribution is 2.36. The molecule has 0 aliphatic heterocycles. The molecule has 7 heteroatoms. The first-order valence-corrected chi connectivity index (χ1v) is 5.56. The second kappa shape index (κ2) is 5.79. The summed E-state index contributed by atoms with van der Waals surface area (Å²) in [4.78, 5) is 11.6. The zero-order valence-electron chi connectivity index (χ0n) is 9.46. The Morgan fingerprint density at radius 2 is 2.06 bits per heavy atom. The van der Waals surface area contributed by atoms with Crippen LogP contribution in [-0.4, -0.2) is 29.4 Å². The Kier molecular flexibility index (Phi) is 4.65. The lowest BCUT2D eigenvalue weighted by Crippen LogP contribution is -2.37. The number of nitrogens with zero attached hydrogens (tertiary/aromatic N) is 1. The summed E-state index contributed by atoms with van der Waals surface area (Å²) < 4.78 is 25.7. The molecule has 1 fully saturated rings. The van der Waals surface area contributed by atoms with Crippen molar-refractivity contribution in [2.75, 3.05) is 6.54 Å². The van der Waals surface area contributed by atoms with Crippen LogP contribution in [0.3, 0.4) is 0 Å². The van der Waals surface area contributed by atoms with Crippen LogP contribution in [0.2, 0.25) is 0 Å². The van der Waals surface area contributed by atoms with Crippen LogP contribution < -0.4 is 11.1 Å². The normalized spacial score (nSPS) is 21.2. The molecular weight excluding hydrogens is 232 g/mol. The lowest BCUT2D eigenvalue weighted by molar-refractivity contribution is -0.129. The summed E-state index contributed by atoms with van der Waals surface area (Å²) in [7, 11) is 0. The van der Waals surface area contributed by atoms with Crippen LogP contribution in [0.4, 0.5) is 8.78 Å². The van der Waals surface area contributed by atoms with E-state index in [4.69, 9.17) is 10.9 Å². The van der Waals surface area contributed by atoms with Crippen LogP contribution >= 0.6 is 0 Å². The minimum atomic E-state index is -2.62. The Bertz CT molecular complexity index is 298. The van der Waals surface area contributed by atoms with Crippen molar-refractivity contribution >= 4 is 11.7 Å². The first kappa shape index (κ1) is 13.7. The molecule has 1 amide bonds. The first-order chi connectivity index (χ1) is 7.94. The maximum atomic E-state index is 12.9. The second-order valence-corrected chi connectivity index (χ2v) is 4.26. The molecule has 1 saturated carbocycles. The van der Waals surface area contributed by atoms with Crippen molar-refractivity contribution in [2.45, 2.75) is 38.0 Å². The number of hydrogen-bond acceptors (Lipinski definition) is 3. The number of oxime groups is 1. The van der Waals surface area contributed by atoms with E-state index < -0.39 is 5.92 Å². The number of alkyl halides is 2. The fraction of sp³-hybridized carbons (Fsp3) is 0.800. The zero-order valence-corrected chi connectivity index (χ0v) is 9.46. The van der Waals surface area contributed by atoms with Gasteiger partial charge < -0.3 is 16.3 Å². The van der Waals surface area contributed by atoms with Crippen LogP contribution in [0.15, 0.2) is 5.16 Å². The van der Waals surface area contributed by atoms with Crippen molar-refractivity contribution in [1.29, 1.82) is 0 Å². The van der Waals surface area contributed by atoms with Crippen molar-refractivity contribution in [3.63, 3.8) is 0 Å². The van der Waals surface area contributed by atoms with Gasteiger partial charge in [-0.1, -0.05) is 5.16 Å². The smallest absolute Gasteiger partial charge is 0.248 e. The lowest BCUT2D eigenvalue weighted by Gasteiger charge is -2.27. The number of nitrogens with two attached hydrogens (primary N) is 1. The molecule has 0 heterocycles. The van der Waals surface area contributed by atoms with E-state index in [-0.39, 0.29) is 56.3 Å². The molecule has 0 radical (unpaired) electrons. The summed E-state index contributed by atoms with van der Waals surface area (Å²) in [5.74, 6) is -3.17.